The van der Waals surface area contributed by atoms with Crippen molar-refractivity contribution in [3.63, 3.8) is 0 Å². The first-order chi connectivity index (χ1) is 9.63. The molecule has 0 aliphatic carbocycles. The molecule has 2 aromatic heterocycles. The summed E-state index contributed by atoms with van der Waals surface area (Å²) in [4.78, 5) is 8.66. The number of pyridine rings is 1. The Labute approximate surface area is 124 Å². The number of rotatable bonds is 3. The van der Waals surface area contributed by atoms with E-state index in [2.05, 4.69) is 31.0 Å². The molecular formula is C14H13BrN4O. The second kappa shape index (κ2) is 5.20. The zero-order valence-electron chi connectivity index (χ0n) is 11.2. The highest BCUT2D eigenvalue weighted by molar-refractivity contribution is 9.10. The third kappa shape index (κ3) is 2.51. The van der Waals surface area contributed by atoms with Crippen LogP contribution in [-0.4, -0.2) is 19.7 Å². The Bertz CT molecular complexity index is 769. The van der Waals surface area contributed by atoms with Crippen LogP contribution in [0.1, 0.15) is 11.5 Å². The highest BCUT2D eigenvalue weighted by Crippen LogP contribution is 2.28. The minimum Gasteiger partial charge on any atom is -0.485 e. The van der Waals surface area contributed by atoms with Gasteiger partial charge in [0.1, 0.15) is 18.7 Å². The van der Waals surface area contributed by atoms with Gasteiger partial charge in [-0.15, -0.1) is 0 Å². The molecule has 0 N–H and O–H groups in total. The van der Waals surface area contributed by atoms with Crippen molar-refractivity contribution in [3.8, 4) is 5.75 Å². The maximum absolute atomic E-state index is 5.90. The first kappa shape index (κ1) is 13.1. The molecule has 0 aliphatic rings. The summed E-state index contributed by atoms with van der Waals surface area (Å²) in [6.45, 7) is 2.33. The van der Waals surface area contributed by atoms with Gasteiger partial charge in [-0.1, -0.05) is 15.9 Å². The van der Waals surface area contributed by atoms with Crippen molar-refractivity contribution < 1.29 is 4.74 Å². The van der Waals surface area contributed by atoms with E-state index in [1.54, 1.807) is 4.68 Å². The molecule has 3 rings (SSSR count). The van der Waals surface area contributed by atoms with Gasteiger partial charge in [0, 0.05) is 28.7 Å². The van der Waals surface area contributed by atoms with Gasteiger partial charge in [-0.2, -0.15) is 5.10 Å². The Hall–Kier alpha value is -1.95. The fourth-order valence-corrected chi connectivity index (χ4v) is 2.37. The Morgan fingerprint density at radius 2 is 2.15 bits per heavy atom. The number of nitrogens with zero attached hydrogens (tertiary/aromatic N) is 4. The highest BCUT2D eigenvalue weighted by Gasteiger charge is 2.08. The summed E-state index contributed by atoms with van der Waals surface area (Å²) >= 11 is 3.48. The largest absolute Gasteiger partial charge is 0.485 e. The smallest absolute Gasteiger partial charge is 0.164 e. The van der Waals surface area contributed by atoms with Crippen LogP contribution in [0.2, 0.25) is 0 Å². The van der Waals surface area contributed by atoms with Crippen molar-refractivity contribution in [1.29, 1.82) is 0 Å². The Morgan fingerprint density at radius 1 is 1.30 bits per heavy atom. The van der Waals surface area contributed by atoms with Crippen molar-refractivity contribution in [1.82, 2.24) is 19.7 Å². The Balaban J connectivity index is 1.98. The van der Waals surface area contributed by atoms with Gasteiger partial charge in [0.2, 0.25) is 0 Å². The molecule has 0 atom stereocenters. The number of aryl methyl sites for hydroxylation is 2. The van der Waals surface area contributed by atoms with Crippen LogP contribution >= 0.6 is 15.9 Å². The molecule has 0 amide bonds. The summed E-state index contributed by atoms with van der Waals surface area (Å²) < 4.78 is 8.60. The molecule has 0 radical (unpaired) electrons. The van der Waals surface area contributed by atoms with Gasteiger partial charge in [0.25, 0.3) is 0 Å². The summed E-state index contributed by atoms with van der Waals surface area (Å²) in [6.07, 6.45) is 1.52. The van der Waals surface area contributed by atoms with E-state index in [-0.39, 0.29) is 0 Å². The van der Waals surface area contributed by atoms with Crippen LogP contribution in [0.4, 0.5) is 0 Å². The molecule has 0 spiro atoms. The summed E-state index contributed by atoms with van der Waals surface area (Å²) in [5, 5.41) is 5.01. The van der Waals surface area contributed by atoms with Crippen molar-refractivity contribution in [2.75, 3.05) is 0 Å². The standard InChI is InChI=1S/C14H13BrN4O/c1-9-5-13(20-7-14-16-8-17-19(14)2)11-6-10(15)3-4-12(11)18-9/h3-6,8H,7H2,1-2H3. The lowest BCUT2D eigenvalue weighted by atomic mass is 10.2. The fourth-order valence-electron chi connectivity index (χ4n) is 2.01. The van der Waals surface area contributed by atoms with E-state index in [9.17, 15) is 0 Å². The zero-order chi connectivity index (χ0) is 14.1. The molecule has 6 heteroatoms. The number of hydrogen-bond donors (Lipinski definition) is 0. The molecule has 3 aromatic rings. The van der Waals surface area contributed by atoms with Crippen molar-refractivity contribution >= 4 is 26.8 Å². The average Bonchev–Trinajstić information content (AvgIpc) is 2.82. The normalized spacial score (nSPS) is 10.9. The van der Waals surface area contributed by atoms with Gasteiger partial charge in [0.15, 0.2) is 5.82 Å². The molecule has 0 fully saturated rings. The number of fused-ring (bicyclic) bond motifs is 1. The predicted molar refractivity (Wildman–Crippen MR) is 79.5 cm³/mol. The number of aromatic nitrogens is 4. The van der Waals surface area contributed by atoms with Gasteiger partial charge in [-0.25, -0.2) is 4.98 Å². The van der Waals surface area contributed by atoms with Crippen LogP contribution < -0.4 is 4.74 Å². The monoisotopic (exact) mass is 332 g/mol. The molecule has 1 aromatic carbocycles. The van der Waals surface area contributed by atoms with Crippen LogP contribution in [0, 0.1) is 6.92 Å². The lowest BCUT2D eigenvalue weighted by molar-refractivity contribution is 0.293. The van der Waals surface area contributed by atoms with E-state index in [1.807, 2.05) is 38.2 Å². The van der Waals surface area contributed by atoms with Crippen LogP contribution in [0.15, 0.2) is 35.1 Å². The summed E-state index contributed by atoms with van der Waals surface area (Å²) in [5.41, 5.74) is 1.84. The highest BCUT2D eigenvalue weighted by atomic mass is 79.9. The van der Waals surface area contributed by atoms with E-state index in [0.29, 0.717) is 6.61 Å². The van der Waals surface area contributed by atoms with Gasteiger partial charge in [0.05, 0.1) is 5.52 Å². The molecule has 2 heterocycles. The van der Waals surface area contributed by atoms with Crippen molar-refractivity contribution in [2.45, 2.75) is 13.5 Å². The van der Waals surface area contributed by atoms with E-state index >= 15 is 0 Å². The topological polar surface area (TPSA) is 52.8 Å². The molecule has 20 heavy (non-hydrogen) atoms. The molecule has 0 saturated heterocycles. The average molecular weight is 333 g/mol. The second-order valence-corrected chi connectivity index (χ2v) is 5.43. The van der Waals surface area contributed by atoms with Gasteiger partial charge in [-0.05, 0) is 25.1 Å². The van der Waals surface area contributed by atoms with Gasteiger partial charge < -0.3 is 4.74 Å². The first-order valence-corrected chi connectivity index (χ1v) is 6.95. The third-order valence-corrected chi connectivity index (χ3v) is 3.52. The zero-order valence-corrected chi connectivity index (χ0v) is 12.8. The number of ether oxygens (including phenoxy) is 1. The SMILES string of the molecule is Cc1cc(OCc2ncnn2C)c2cc(Br)ccc2n1. The maximum Gasteiger partial charge on any atom is 0.164 e. The minimum atomic E-state index is 0.377. The van der Waals surface area contributed by atoms with E-state index in [0.717, 1.165) is 32.6 Å². The molecule has 0 aliphatic heterocycles. The quantitative estimate of drug-likeness (QED) is 0.739. The Kier molecular flexibility index (Phi) is 3.40. The van der Waals surface area contributed by atoms with Crippen molar-refractivity contribution in [3.05, 3.63) is 46.6 Å². The van der Waals surface area contributed by atoms with Crippen LogP contribution in [0.5, 0.6) is 5.75 Å². The molecule has 102 valence electrons. The first-order valence-electron chi connectivity index (χ1n) is 6.16. The number of halogens is 1. The number of benzene rings is 1. The predicted octanol–water partition coefficient (Wildman–Crippen LogP) is 3.01. The third-order valence-electron chi connectivity index (χ3n) is 3.02. The van der Waals surface area contributed by atoms with Crippen LogP contribution in [0.25, 0.3) is 10.9 Å². The molecule has 0 saturated carbocycles. The fraction of sp³-hybridized carbons (Fsp3) is 0.214. The van der Waals surface area contributed by atoms with Crippen molar-refractivity contribution in [2.24, 2.45) is 7.05 Å². The lowest BCUT2D eigenvalue weighted by Gasteiger charge is -2.10. The van der Waals surface area contributed by atoms with Crippen LogP contribution in [0.3, 0.4) is 0 Å². The lowest BCUT2D eigenvalue weighted by Crippen LogP contribution is -2.05. The molecule has 0 bridgehead atoms. The van der Waals surface area contributed by atoms with E-state index in [4.69, 9.17) is 4.74 Å². The minimum absolute atomic E-state index is 0.377. The van der Waals surface area contributed by atoms with Gasteiger partial charge in [-0.3, -0.25) is 9.67 Å². The maximum atomic E-state index is 5.90. The summed E-state index contributed by atoms with van der Waals surface area (Å²) in [7, 11) is 1.85. The Morgan fingerprint density at radius 3 is 2.90 bits per heavy atom. The molecule has 0 unspecified atom stereocenters. The second-order valence-electron chi connectivity index (χ2n) is 4.51. The van der Waals surface area contributed by atoms with Gasteiger partial charge >= 0.3 is 0 Å². The molecular weight excluding hydrogens is 320 g/mol. The summed E-state index contributed by atoms with van der Waals surface area (Å²) in [6, 6.07) is 7.89. The van der Waals surface area contributed by atoms with Crippen LogP contribution in [-0.2, 0) is 13.7 Å². The summed E-state index contributed by atoms with van der Waals surface area (Å²) in [5.74, 6) is 1.58. The number of hydrogen-bond acceptors (Lipinski definition) is 4. The van der Waals surface area contributed by atoms with E-state index in [1.165, 1.54) is 6.33 Å². The molecule has 5 nitrogen and oxygen atoms in total. The van der Waals surface area contributed by atoms with E-state index < -0.39 is 0 Å².